The molecule has 2 N–H and O–H groups in total. The van der Waals surface area contributed by atoms with E-state index in [0.29, 0.717) is 18.8 Å². The zero-order valence-corrected chi connectivity index (χ0v) is 11.8. The van der Waals surface area contributed by atoms with E-state index in [2.05, 4.69) is 15.4 Å². The van der Waals surface area contributed by atoms with Gasteiger partial charge in [-0.05, 0) is 31.2 Å². The largest absolute Gasteiger partial charge is 0.453 e. The third-order valence-corrected chi connectivity index (χ3v) is 3.43. The molecular weight excluding hydrogens is 261 g/mol. The number of carbonyl (C=O) groups is 1. The van der Waals surface area contributed by atoms with E-state index >= 15 is 0 Å². The van der Waals surface area contributed by atoms with Crippen LogP contribution >= 0.6 is 0 Å². The summed E-state index contributed by atoms with van der Waals surface area (Å²) in [6, 6.07) is 5.25. The Bertz CT molecular complexity index is 481. The molecule has 1 atom stereocenters. The Morgan fingerprint density at radius 2 is 2.35 bits per heavy atom. The van der Waals surface area contributed by atoms with Crippen LogP contribution in [-0.4, -0.2) is 39.4 Å². The Morgan fingerprint density at radius 1 is 1.55 bits per heavy atom. The normalized spacial score (nSPS) is 18.1. The number of ether oxygens (including phenoxy) is 1. The molecule has 20 heavy (non-hydrogen) atoms. The summed E-state index contributed by atoms with van der Waals surface area (Å²) >= 11 is 0. The Labute approximate surface area is 118 Å². The van der Waals surface area contributed by atoms with Gasteiger partial charge in [0.25, 0.3) is 0 Å². The summed E-state index contributed by atoms with van der Waals surface area (Å²) in [6.07, 6.45) is 0.342. The molecule has 0 aromatic heterocycles. The highest BCUT2D eigenvalue weighted by Crippen LogP contribution is 2.24. The van der Waals surface area contributed by atoms with Gasteiger partial charge >= 0.3 is 6.09 Å². The van der Waals surface area contributed by atoms with Crippen molar-refractivity contribution in [1.29, 1.82) is 0 Å². The highest BCUT2D eigenvalue weighted by atomic mass is 19.1. The molecular formula is C14H20FN3O2. The maximum atomic E-state index is 14.1. The zero-order valence-electron chi connectivity index (χ0n) is 11.8. The van der Waals surface area contributed by atoms with E-state index in [1.54, 1.807) is 12.1 Å². The summed E-state index contributed by atoms with van der Waals surface area (Å²) in [4.78, 5) is 13.1. The minimum absolute atomic E-state index is 0.00108. The number of nitrogens with zero attached hydrogens (tertiary/aromatic N) is 1. The van der Waals surface area contributed by atoms with E-state index in [1.807, 2.05) is 18.0 Å². The molecule has 0 aliphatic carbocycles. The molecule has 1 aliphatic heterocycles. The van der Waals surface area contributed by atoms with Crippen LogP contribution in [-0.2, 0) is 11.3 Å². The van der Waals surface area contributed by atoms with Crippen LogP contribution in [0.2, 0.25) is 0 Å². The summed E-state index contributed by atoms with van der Waals surface area (Å²) in [5.41, 5.74) is 1.50. The van der Waals surface area contributed by atoms with Crippen molar-refractivity contribution in [3.63, 3.8) is 0 Å². The predicted molar refractivity (Wildman–Crippen MR) is 75.3 cm³/mol. The van der Waals surface area contributed by atoms with Gasteiger partial charge in [0.2, 0.25) is 0 Å². The van der Waals surface area contributed by atoms with Crippen molar-refractivity contribution in [2.24, 2.45) is 0 Å². The maximum absolute atomic E-state index is 14.1. The van der Waals surface area contributed by atoms with Crippen LogP contribution in [0.25, 0.3) is 0 Å². The minimum Gasteiger partial charge on any atom is -0.453 e. The summed E-state index contributed by atoms with van der Waals surface area (Å²) in [5, 5.41) is 5.74. The Balaban J connectivity index is 2.01. The van der Waals surface area contributed by atoms with E-state index in [1.165, 1.54) is 7.11 Å². The van der Waals surface area contributed by atoms with E-state index in [0.717, 1.165) is 18.5 Å². The van der Waals surface area contributed by atoms with Gasteiger partial charge in [0.05, 0.1) is 18.8 Å². The van der Waals surface area contributed by atoms with Gasteiger partial charge in [-0.2, -0.15) is 0 Å². The van der Waals surface area contributed by atoms with Crippen molar-refractivity contribution in [2.75, 3.05) is 32.1 Å². The number of hydrogen-bond donors (Lipinski definition) is 2. The first-order valence-electron chi connectivity index (χ1n) is 6.66. The lowest BCUT2D eigenvalue weighted by atomic mass is 10.2. The quantitative estimate of drug-likeness (QED) is 0.878. The monoisotopic (exact) mass is 281 g/mol. The fourth-order valence-electron chi connectivity index (χ4n) is 2.44. The highest BCUT2D eigenvalue weighted by Gasteiger charge is 2.25. The lowest BCUT2D eigenvalue weighted by Crippen LogP contribution is -2.37. The molecule has 0 saturated carbocycles. The third-order valence-electron chi connectivity index (χ3n) is 3.43. The molecule has 6 heteroatoms. The number of nitrogens with one attached hydrogen (secondary N) is 2. The molecule has 1 amide bonds. The minimum atomic E-state index is -0.443. The number of hydrogen-bond acceptors (Lipinski definition) is 4. The molecule has 5 nitrogen and oxygen atoms in total. The van der Waals surface area contributed by atoms with Crippen molar-refractivity contribution < 1.29 is 13.9 Å². The zero-order chi connectivity index (χ0) is 14.5. The number of rotatable bonds is 4. The van der Waals surface area contributed by atoms with Gasteiger partial charge in [0.15, 0.2) is 0 Å². The summed E-state index contributed by atoms with van der Waals surface area (Å²) in [6.45, 7) is 1.96. The first-order chi connectivity index (χ1) is 9.63. The predicted octanol–water partition coefficient (Wildman–Crippen LogP) is 1.48. The van der Waals surface area contributed by atoms with Gasteiger partial charge in [0.1, 0.15) is 5.82 Å². The molecule has 1 aliphatic rings. The van der Waals surface area contributed by atoms with Crippen molar-refractivity contribution in [1.82, 2.24) is 10.6 Å². The summed E-state index contributed by atoms with van der Waals surface area (Å²) in [7, 11) is 3.16. The van der Waals surface area contributed by atoms with Gasteiger partial charge in [-0.3, -0.25) is 0 Å². The topological polar surface area (TPSA) is 53.6 Å². The van der Waals surface area contributed by atoms with Gasteiger partial charge in [-0.15, -0.1) is 0 Å². The number of carbonyl (C=O) groups excluding carboxylic acids is 1. The standard InChI is InChI=1S/C14H20FN3O2/c1-16-8-10-3-4-13(12(15)7-10)18-6-5-11(9-18)17-14(19)20-2/h3-4,7,11,16H,5-6,8-9H2,1-2H3,(H,17,19). The summed E-state index contributed by atoms with van der Waals surface area (Å²) in [5.74, 6) is -0.225. The first kappa shape index (κ1) is 14.6. The number of anilines is 1. The second-order valence-electron chi connectivity index (χ2n) is 4.88. The highest BCUT2D eigenvalue weighted by molar-refractivity contribution is 5.67. The molecule has 1 heterocycles. The van der Waals surface area contributed by atoms with Gasteiger partial charge in [-0.25, -0.2) is 9.18 Å². The van der Waals surface area contributed by atoms with Crippen molar-refractivity contribution >= 4 is 11.8 Å². The molecule has 0 radical (unpaired) electrons. The average molecular weight is 281 g/mol. The van der Waals surface area contributed by atoms with Gasteiger partial charge < -0.3 is 20.3 Å². The lowest BCUT2D eigenvalue weighted by molar-refractivity contribution is 0.167. The van der Waals surface area contributed by atoms with E-state index in [9.17, 15) is 9.18 Å². The lowest BCUT2D eigenvalue weighted by Gasteiger charge is -2.20. The van der Waals surface area contributed by atoms with E-state index in [4.69, 9.17) is 0 Å². The van der Waals surface area contributed by atoms with Crippen molar-refractivity contribution in [3.05, 3.63) is 29.6 Å². The second kappa shape index (κ2) is 6.56. The molecule has 0 spiro atoms. The van der Waals surface area contributed by atoms with Crippen LogP contribution in [0.5, 0.6) is 0 Å². The number of amides is 1. The maximum Gasteiger partial charge on any atom is 0.407 e. The van der Waals surface area contributed by atoms with Gasteiger partial charge in [-0.1, -0.05) is 6.07 Å². The van der Waals surface area contributed by atoms with Crippen LogP contribution in [0.4, 0.5) is 14.9 Å². The number of benzene rings is 1. The first-order valence-corrected chi connectivity index (χ1v) is 6.66. The molecule has 1 unspecified atom stereocenters. The fourth-order valence-corrected chi connectivity index (χ4v) is 2.44. The molecule has 1 aromatic carbocycles. The van der Waals surface area contributed by atoms with Gasteiger partial charge in [0, 0.05) is 19.6 Å². The molecule has 1 saturated heterocycles. The van der Waals surface area contributed by atoms with Crippen molar-refractivity contribution in [2.45, 2.75) is 19.0 Å². The molecule has 110 valence electrons. The summed E-state index contributed by atoms with van der Waals surface area (Å²) < 4.78 is 18.7. The van der Waals surface area contributed by atoms with Crippen LogP contribution in [0.3, 0.4) is 0 Å². The Hall–Kier alpha value is -1.82. The van der Waals surface area contributed by atoms with Crippen LogP contribution < -0.4 is 15.5 Å². The molecule has 0 bridgehead atoms. The second-order valence-corrected chi connectivity index (χ2v) is 4.88. The van der Waals surface area contributed by atoms with E-state index in [-0.39, 0.29) is 11.9 Å². The SMILES string of the molecule is CNCc1ccc(N2CCC(NC(=O)OC)C2)c(F)c1. The average Bonchev–Trinajstić information content (AvgIpc) is 2.87. The fraction of sp³-hybridized carbons (Fsp3) is 0.500. The van der Waals surface area contributed by atoms with Crippen LogP contribution in [0.15, 0.2) is 18.2 Å². The smallest absolute Gasteiger partial charge is 0.407 e. The molecule has 1 fully saturated rings. The number of methoxy groups -OCH3 is 1. The molecule has 1 aromatic rings. The number of halogens is 1. The Morgan fingerprint density at radius 3 is 3.00 bits per heavy atom. The van der Waals surface area contributed by atoms with Crippen molar-refractivity contribution in [3.8, 4) is 0 Å². The Kier molecular flexibility index (Phi) is 4.79. The third kappa shape index (κ3) is 3.39. The number of alkyl carbamates (subject to hydrolysis) is 1. The van der Waals surface area contributed by atoms with Crippen LogP contribution in [0, 0.1) is 5.82 Å². The van der Waals surface area contributed by atoms with E-state index < -0.39 is 6.09 Å². The van der Waals surface area contributed by atoms with Crippen LogP contribution in [0.1, 0.15) is 12.0 Å². The molecule has 2 rings (SSSR count).